The monoisotopic (exact) mass is 332 g/mol. The Hall–Kier alpha value is -0.840. The van der Waals surface area contributed by atoms with Gasteiger partial charge >= 0.3 is 0 Å². The quantitative estimate of drug-likeness (QED) is 0.772. The molecule has 0 N–H and O–H groups in total. The van der Waals surface area contributed by atoms with E-state index in [-0.39, 0.29) is 10.3 Å². The average Bonchev–Trinajstić information content (AvgIpc) is 2.35. The molecule has 0 unspecified atom stereocenters. The first kappa shape index (κ1) is 12.6. The van der Waals surface area contributed by atoms with E-state index in [1.54, 1.807) is 7.11 Å². The molecule has 17 heavy (non-hydrogen) atoms. The number of nitrogens with zero attached hydrogens (tertiary/aromatic N) is 2. The topological polar surface area (TPSA) is 35.0 Å². The van der Waals surface area contributed by atoms with Crippen molar-refractivity contribution in [2.24, 2.45) is 0 Å². The fourth-order valence-corrected chi connectivity index (χ4v) is 1.85. The Morgan fingerprint density at radius 1 is 1.18 bits per heavy atom. The van der Waals surface area contributed by atoms with Crippen LogP contribution in [0.15, 0.2) is 28.7 Å². The molecule has 0 amide bonds. The fraction of sp³-hybridized carbons (Fsp3) is 0.0909. The number of hydrogen-bond acceptors (Lipinski definition) is 3. The van der Waals surface area contributed by atoms with Crippen molar-refractivity contribution in [3.63, 3.8) is 0 Å². The first-order valence-corrected chi connectivity index (χ1v) is 6.19. The molecule has 0 aliphatic rings. The molecule has 0 bridgehead atoms. The van der Waals surface area contributed by atoms with Crippen LogP contribution >= 0.6 is 39.1 Å². The molecule has 1 aromatic heterocycles. The Labute approximate surface area is 117 Å². The highest BCUT2D eigenvalue weighted by molar-refractivity contribution is 9.10. The van der Waals surface area contributed by atoms with Gasteiger partial charge in [0.25, 0.3) is 0 Å². The van der Waals surface area contributed by atoms with E-state index < -0.39 is 0 Å². The highest BCUT2D eigenvalue weighted by Gasteiger charge is 2.10. The number of ether oxygens (including phenoxy) is 1. The summed E-state index contributed by atoms with van der Waals surface area (Å²) in [6, 6.07) is 7.36. The average molecular weight is 334 g/mol. The van der Waals surface area contributed by atoms with Crippen LogP contribution in [0, 0.1) is 0 Å². The summed E-state index contributed by atoms with van der Waals surface area (Å²) in [5.74, 6) is 1.18. The maximum absolute atomic E-state index is 5.93. The van der Waals surface area contributed by atoms with Gasteiger partial charge in [-0.1, -0.05) is 35.3 Å². The largest absolute Gasteiger partial charge is 0.497 e. The van der Waals surface area contributed by atoms with Crippen molar-refractivity contribution in [2.75, 3.05) is 7.11 Å². The zero-order valence-electron chi connectivity index (χ0n) is 8.75. The van der Waals surface area contributed by atoms with Gasteiger partial charge in [0.2, 0.25) is 0 Å². The van der Waals surface area contributed by atoms with Crippen molar-refractivity contribution in [1.29, 1.82) is 0 Å². The highest BCUT2D eigenvalue weighted by Crippen LogP contribution is 2.30. The van der Waals surface area contributed by atoms with E-state index in [0.717, 1.165) is 11.3 Å². The van der Waals surface area contributed by atoms with Gasteiger partial charge in [-0.25, -0.2) is 9.97 Å². The molecule has 0 fully saturated rings. The normalized spacial score (nSPS) is 10.4. The molecule has 0 atom stereocenters. The number of rotatable bonds is 2. The third-order valence-corrected chi connectivity index (χ3v) is 3.85. The van der Waals surface area contributed by atoms with Crippen LogP contribution in [0.2, 0.25) is 10.3 Å². The number of benzene rings is 1. The van der Waals surface area contributed by atoms with Gasteiger partial charge in [-0.05, 0) is 28.1 Å². The van der Waals surface area contributed by atoms with Gasteiger partial charge in [-0.2, -0.15) is 0 Å². The second kappa shape index (κ2) is 5.21. The van der Waals surface area contributed by atoms with E-state index >= 15 is 0 Å². The summed E-state index contributed by atoms with van der Waals surface area (Å²) in [6.45, 7) is 0. The van der Waals surface area contributed by atoms with Crippen LogP contribution < -0.4 is 4.74 Å². The minimum absolute atomic E-state index is 0.280. The lowest BCUT2D eigenvalue weighted by molar-refractivity contribution is 0.415. The van der Waals surface area contributed by atoms with Crippen LogP contribution in [0.25, 0.3) is 11.4 Å². The van der Waals surface area contributed by atoms with E-state index in [4.69, 9.17) is 27.9 Å². The van der Waals surface area contributed by atoms with E-state index in [1.165, 1.54) is 0 Å². The molecule has 2 aromatic rings. The van der Waals surface area contributed by atoms with Gasteiger partial charge in [-0.15, -0.1) is 0 Å². The number of methoxy groups -OCH3 is 1. The summed E-state index contributed by atoms with van der Waals surface area (Å²) in [7, 11) is 1.60. The third kappa shape index (κ3) is 2.70. The summed E-state index contributed by atoms with van der Waals surface area (Å²) in [5.41, 5.74) is 0.792. The zero-order valence-corrected chi connectivity index (χ0v) is 11.8. The minimum atomic E-state index is 0.280. The maximum atomic E-state index is 5.93. The van der Waals surface area contributed by atoms with Crippen molar-refractivity contribution < 1.29 is 4.74 Å². The van der Waals surface area contributed by atoms with Gasteiger partial charge in [0, 0.05) is 5.56 Å². The van der Waals surface area contributed by atoms with Crippen molar-refractivity contribution in [3.8, 4) is 17.1 Å². The molecular formula is C11H7BrCl2N2O. The summed E-state index contributed by atoms with van der Waals surface area (Å²) >= 11 is 15.1. The highest BCUT2D eigenvalue weighted by atomic mass is 79.9. The lowest BCUT2D eigenvalue weighted by atomic mass is 10.2. The predicted octanol–water partition coefficient (Wildman–Crippen LogP) is 4.22. The van der Waals surface area contributed by atoms with Crippen molar-refractivity contribution in [3.05, 3.63) is 39.0 Å². The molecule has 88 valence electrons. The lowest BCUT2D eigenvalue weighted by Gasteiger charge is -2.05. The Balaban J connectivity index is 2.52. The molecule has 2 rings (SSSR count). The van der Waals surface area contributed by atoms with Crippen LogP contribution in [0.5, 0.6) is 5.75 Å². The smallest absolute Gasteiger partial charge is 0.162 e. The molecule has 0 aliphatic carbocycles. The summed E-state index contributed by atoms with van der Waals surface area (Å²) < 4.78 is 5.62. The SMILES string of the molecule is COc1cccc(-c2nc(Cl)c(Br)c(Cl)n2)c1. The molecule has 0 radical (unpaired) electrons. The first-order chi connectivity index (χ1) is 8.11. The summed E-state index contributed by atoms with van der Waals surface area (Å²) in [4.78, 5) is 8.29. The fourth-order valence-electron chi connectivity index (χ4n) is 1.29. The molecule has 0 spiro atoms. The van der Waals surface area contributed by atoms with Crippen LogP contribution in [-0.2, 0) is 0 Å². The van der Waals surface area contributed by atoms with E-state index in [0.29, 0.717) is 10.3 Å². The standard InChI is InChI=1S/C11H7BrCl2N2O/c1-17-7-4-2-3-6(5-7)11-15-9(13)8(12)10(14)16-11/h2-5H,1H3. The second-order valence-electron chi connectivity index (χ2n) is 3.17. The number of aromatic nitrogens is 2. The van der Waals surface area contributed by atoms with Gasteiger partial charge in [0.05, 0.1) is 11.6 Å². The summed E-state index contributed by atoms with van der Waals surface area (Å²) in [6.07, 6.45) is 0. The number of halogens is 3. The lowest BCUT2D eigenvalue weighted by Crippen LogP contribution is -1.92. The molecule has 0 saturated carbocycles. The van der Waals surface area contributed by atoms with Crippen molar-refractivity contribution in [1.82, 2.24) is 9.97 Å². The summed E-state index contributed by atoms with van der Waals surface area (Å²) in [5, 5.41) is 0.561. The Morgan fingerprint density at radius 3 is 2.41 bits per heavy atom. The number of hydrogen-bond donors (Lipinski definition) is 0. The van der Waals surface area contributed by atoms with Crippen molar-refractivity contribution >= 4 is 39.1 Å². The molecule has 0 saturated heterocycles. The van der Waals surface area contributed by atoms with Gasteiger partial charge in [0.15, 0.2) is 5.82 Å². The van der Waals surface area contributed by atoms with Gasteiger partial charge < -0.3 is 4.74 Å². The molecule has 0 aliphatic heterocycles. The van der Waals surface area contributed by atoms with Crippen LogP contribution in [0.3, 0.4) is 0 Å². The molecule has 3 nitrogen and oxygen atoms in total. The van der Waals surface area contributed by atoms with E-state index in [9.17, 15) is 0 Å². The first-order valence-electron chi connectivity index (χ1n) is 4.65. The molecule has 1 aromatic carbocycles. The van der Waals surface area contributed by atoms with Gasteiger partial charge in [-0.3, -0.25) is 0 Å². The molecule has 1 heterocycles. The van der Waals surface area contributed by atoms with E-state index in [2.05, 4.69) is 25.9 Å². The molecular weight excluding hydrogens is 327 g/mol. The second-order valence-corrected chi connectivity index (χ2v) is 4.68. The zero-order chi connectivity index (χ0) is 12.4. The maximum Gasteiger partial charge on any atom is 0.162 e. The Morgan fingerprint density at radius 2 is 1.82 bits per heavy atom. The third-order valence-electron chi connectivity index (χ3n) is 2.10. The van der Waals surface area contributed by atoms with Crippen LogP contribution in [0.4, 0.5) is 0 Å². The predicted molar refractivity (Wildman–Crippen MR) is 71.7 cm³/mol. The van der Waals surface area contributed by atoms with Crippen molar-refractivity contribution in [2.45, 2.75) is 0 Å². The Kier molecular flexibility index (Phi) is 3.86. The van der Waals surface area contributed by atoms with E-state index in [1.807, 2.05) is 24.3 Å². The van der Waals surface area contributed by atoms with Crippen LogP contribution in [-0.4, -0.2) is 17.1 Å². The minimum Gasteiger partial charge on any atom is -0.497 e. The van der Waals surface area contributed by atoms with Crippen LogP contribution in [0.1, 0.15) is 0 Å². The molecule has 6 heteroatoms. The van der Waals surface area contributed by atoms with Gasteiger partial charge in [0.1, 0.15) is 16.1 Å². The Bertz CT molecular complexity index is 540.